The van der Waals surface area contributed by atoms with Crippen LogP contribution in [0.3, 0.4) is 0 Å². The second-order valence-electron chi connectivity index (χ2n) is 4.13. The van der Waals surface area contributed by atoms with Crippen LogP contribution < -0.4 is 5.32 Å². The van der Waals surface area contributed by atoms with E-state index < -0.39 is 11.9 Å². The van der Waals surface area contributed by atoms with Gasteiger partial charge in [-0.15, -0.1) is 0 Å². The van der Waals surface area contributed by atoms with Crippen molar-refractivity contribution >= 4 is 18.0 Å². The van der Waals surface area contributed by atoms with Crippen LogP contribution in [0.1, 0.15) is 21.9 Å². The lowest BCUT2D eigenvalue weighted by atomic mass is 10.1. The summed E-state index contributed by atoms with van der Waals surface area (Å²) in [5.74, 6) is -1.04. The van der Waals surface area contributed by atoms with Gasteiger partial charge in [-0.05, 0) is 12.1 Å². The van der Waals surface area contributed by atoms with Gasteiger partial charge in [-0.25, -0.2) is 9.78 Å². The molecule has 2 N–H and O–H groups in total. The molecule has 0 aliphatic heterocycles. The molecule has 0 saturated heterocycles. The fourth-order valence-corrected chi connectivity index (χ4v) is 1.61. The van der Waals surface area contributed by atoms with Crippen LogP contribution in [0.4, 0.5) is 0 Å². The zero-order valence-corrected chi connectivity index (χ0v) is 11.2. The Bertz CT molecular complexity index is 693. The number of carbonyl (C=O) groups excluding carboxylic acids is 1. The summed E-state index contributed by atoms with van der Waals surface area (Å²) in [5, 5.41) is 15.3. The van der Waals surface area contributed by atoms with Gasteiger partial charge < -0.3 is 10.4 Å². The molecule has 108 valence electrons. The summed E-state index contributed by atoms with van der Waals surface area (Å²) < 4.78 is 1.53. The Morgan fingerprint density at radius 2 is 2.24 bits per heavy atom. The highest BCUT2D eigenvalue weighted by Crippen LogP contribution is 2.08. The minimum Gasteiger partial charge on any atom is -0.478 e. The van der Waals surface area contributed by atoms with Crippen LogP contribution in [0.5, 0.6) is 0 Å². The van der Waals surface area contributed by atoms with E-state index in [4.69, 9.17) is 5.11 Å². The molecule has 8 heteroatoms. The average molecular weight is 287 g/mol. The number of nitrogens with one attached hydrogen (secondary N) is 1. The summed E-state index contributed by atoms with van der Waals surface area (Å²) in [5.41, 5.74) is 0.567. The van der Waals surface area contributed by atoms with Crippen molar-refractivity contribution in [2.24, 2.45) is 7.05 Å². The van der Waals surface area contributed by atoms with Gasteiger partial charge in [-0.1, -0.05) is 6.07 Å². The van der Waals surface area contributed by atoms with Crippen LogP contribution in [0.25, 0.3) is 6.08 Å². The molecule has 0 fully saturated rings. The third-order valence-electron chi connectivity index (χ3n) is 2.51. The molecular formula is C13H13N5O3. The quantitative estimate of drug-likeness (QED) is 0.762. The predicted molar refractivity (Wildman–Crippen MR) is 73.1 cm³/mol. The largest absolute Gasteiger partial charge is 0.478 e. The Morgan fingerprint density at radius 1 is 1.43 bits per heavy atom. The highest BCUT2D eigenvalue weighted by molar-refractivity contribution is 5.97. The number of carbonyl (C=O) groups is 2. The van der Waals surface area contributed by atoms with Crippen LogP contribution in [0.2, 0.25) is 0 Å². The lowest BCUT2D eigenvalue weighted by Crippen LogP contribution is -2.25. The van der Waals surface area contributed by atoms with E-state index in [2.05, 4.69) is 20.4 Å². The van der Waals surface area contributed by atoms with Gasteiger partial charge >= 0.3 is 5.97 Å². The van der Waals surface area contributed by atoms with Crippen LogP contribution in [-0.4, -0.2) is 36.7 Å². The van der Waals surface area contributed by atoms with Crippen molar-refractivity contribution in [1.29, 1.82) is 0 Å². The van der Waals surface area contributed by atoms with E-state index >= 15 is 0 Å². The third-order valence-corrected chi connectivity index (χ3v) is 2.51. The molecule has 0 spiro atoms. The minimum absolute atomic E-state index is 0.144. The number of hydrogen-bond acceptors (Lipinski definition) is 5. The average Bonchev–Trinajstić information content (AvgIpc) is 2.88. The second kappa shape index (κ2) is 6.42. The molecular weight excluding hydrogens is 274 g/mol. The first-order valence-corrected chi connectivity index (χ1v) is 6.05. The van der Waals surface area contributed by atoms with Gasteiger partial charge in [0, 0.05) is 24.9 Å². The SMILES string of the molecule is Cn1cnc(CNC(=O)c2ncccc2/C=C/C(=O)O)n1. The lowest BCUT2D eigenvalue weighted by molar-refractivity contribution is -0.131. The van der Waals surface area contributed by atoms with E-state index in [1.54, 1.807) is 19.2 Å². The molecule has 0 aliphatic rings. The van der Waals surface area contributed by atoms with Crippen LogP contribution >= 0.6 is 0 Å². The summed E-state index contributed by atoms with van der Waals surface area (Å²) in [4.78, 5) is 30.6. The first kappa shape index (κ1) is 14.4. The highest BCUT2D eigenvalue weighted by Gasteiger charge is 2.11. The highest BCUT2D eigenvalue weighted by atomic mass is 16.4. The molecule has 8 nitrogen and oxygen atoms in total. The predicted octanol–water partition coefficient (Wildman–Crippen LogP) is 0.238. The summed E-state index contributed by atoms with van der Waals surface area (Å²) in [6.07, 6.45) is 5.27. The van der Waals surface area contributed by atoms with E-state index in [0.717, 1.165) is 6.08 Å². The Balaban J connectivity index is 2.10. The fraction of sp³-hybridized carbons (Fsp3) is 0.154. The normalized spacial score (nSPS) is 10.7. The molecule has 0 bridgehead atoms. The Kier molecular flexibility index (Phi) is 4.39. The third kappa shape index (κ3) is 3.96. The number of carboxylic acid groups (broad SMARTS) is 1. The molecule has 0 atom stereocenters. The van der Waals surface area contributed by atoms with E-state index in [0.29, 0.717) is 11.4 Å². The molecule has 2 heterocycles. The number of nitrogens with zero attached hydrogens (tertiary/aromatic N) is 4. The maximum absolute atomic E-state index is 12.1. The van der Waals surface area contributed by atoms with Gasteiger partial charge in [-0.3, -0.25) is 14.5 Å². The molecule has 2 aromatic rings. The minimum atomic E-state index is -1.09. The van der Waals surface area contributed by atoms with E-state index in [-0.39, 0.29) is 12.2 Å². The van der Waals surface area contributed by atoms with Gasteiger partial charge in [0.1, 0.15) is 12.0 Å². The van der Waals surface area contributed by atoms with Gasteiger partial charge in [-0.2, -0.15) is 5.10 Å². The van der Waals surface area contributed by atoms with Crippen LogP contribution in [0.15, 0.2) is 30.7 Å². The topological polar surface area (TPSA) is 110 Å². The second-order valence-corrected chi connectivity index (χ2v) is 4.13. The molecule has 0 radical (unpaired) electrons. The number of aliphatic carboxylic acids is 1. The zero-order chi connectivity index (χ0) is 15.2. The summed E-state index contributed by atoms with van der Waals surface area (Å²) >= 11 is 0. The number of aryl methyl sites for hydroxylation is 1. The lowest BCUT2D eigenvalue weighted by Gasteiger charge is -2.05. The Hall–Kier alpha value is -3.03. The molecule has 0 aromatic carbocycles. The zero-order valence-electron chi connectivity index (χ0n) is 11.2. The Labute approximate surface area is 120 Å². The monoisotopic (exact) mass is 287 g/mol. The molecule has 0 saturated carbocycles. The van der Waals surface area contributed by atoms with Crippen molar-refractivity contribution < 1.29 is 14.7 Å². The number of rotatable bonds is 5. The summed E-state index contributed by atoms with van der Waals surface area (Å²) in [6.45, 7) is 0.165. The number of amides is 1. The van der Waals surface area contributed by atoms with Crippen molar-refractivity contribution in [3.63, 3.8) is 0 Å². The summed E-state index contributed by atoms with van der Waals surface area (Å²) in [7, 11) is 1.73. The van der Waals surface area contributed by atoms with Crippen molar-refractivity contribution in [3.8, 4) is 0 Å². The molecule has 1 amide bonds. The molecule has 2 rings (SSSR count). The van der Waals surface area contributed by atoms with E-state index in [1.807, 2.05) is 0 Å². The Morgan fingerprint density at radius 3 is 2.90 bits per heavy atom. The van der Waals surface area contributed by atoms with Gasteiger partial charge in [0.15, 0.2) is 5.82 Å². The van der Waals surface area contributed by atoms with Gasteiger partial charge in [0.2, 0.25) is 0 Å². The van der Waals surface area contributed by atoms with Crippen molar-refractivity contribution in [3.05, 3.63) is 47.8 Å². The van der Waals surface area contributed by atoms with Crippen molar-refractivity contribution in [2.75, 3.05) is 0 Å². The van der Waals surface area contributed by atoms with Gasteiger partial charge in [0.25, 0.3) is 5.91 Å². The maximum atomic E-state index is 12.1. The van der Waals surface area contributed by atoms with Crippen LogP contribution in [-0.2, 0) is 18.4 Å². The van der Waals surface area contributed by atoms with Crippen molar-refractivity contribution in [1.82, 2.24) is 25.1 Å². The number of hydrogen-bond donors (Lipinski definition) is 2. The smallest absolute Gasteiger partial charge is 0.328 e. The van der Waals surface area contributed by atoms with Gasteiger partial charge in [0.05, 0.1) is 6.54 Å². The first-order chi connectivity index (χ1) is 10.1. The van der Waals surface area contributed by atoms with Crippen LogP contribution in [0, 0.1) is 0 Å². The van der Waals surface area contributed by atoms with Crippen molar-refractivity contribution in [2.45, 2.75) is 6.54 Å². The molecule has 2 aromatic heterocycles. The molecule has 0 unspecified atom stereocenters. The maximum Gasteiger partial charge on any atom is 0.328 e. The fourth-order valence-electron chi connectivity index (χ4n) is 1.61. The number of aromatic nitrogens is 4. The standard InChI is InChI=1S/C13H13N5O3/c1-18-8-16-10(17-18)7-15-13(21)12-9(3-2-6-14-12)4-5-11(19)20/h2-6,8H,7H2,1H3,(H,15,21)(H,19,20)/b5-4+. The number of pyridine rings is 1. The molecule has 21 heavy (non-hydrogen) atoms. The molecule has 0 aliphatic carbocycles. The summed E-state index contributed by atoms with van der Waals surface area (Å²) in [6, 6.07) is 3.24. The number of carboxylic acids is 1. The van der Waals surface area contributed by atoms with E-state index in [1.165, 1.54) is 23.3 Å². The van der Waals surface area contributed by atoms with E-state index in [9.17, 15) is 9.59 Å². The first-order valence-electron chi connectivity index (χ1n) is 6.05.